The van der Waals surface area contributed by atoms with Crippen molar-refractivity contribution >= 4 is 104 Å². The fourth-order valence-electron chi connectivity index (χ4n) is 10.1. The van der Waals surface area contributed by atoms with Gasteiger partial charge in [-0.2, -0.15) is 18.8 Å². The molecule has 0 aliphatic carbocycles. The number of rotatable bonds is 4. The number of para-hydroxylation sites is 6. The van der Waals surface area contributed by atoms with E-state index in [1.165, 1.54) is 26.4 Å². The Morgan fingerprint density at radius 2 is 1.13 bits per heavy atom. The number of anilines is 3. The molecule has 14 rings (SSSR count). The molecule has 0 atom stereocenters. The summed E-state index contributed by atoms with van der Waals surface area (Å²) in [5, 5.41) is 9.00. The van der Waals surface area contributed by atoms with Gasteiger partial charge in [0.15, 0.2) is 5.65 Å². The maximum absolute atomic E-state index is 8.19. The van der Waals surface area contributed by atoms with Crippen molar-refractivity contribution in [2.24, 2.45) is 0 Å². The second-order valence-corrected chi connectivity index (χ2v) is 15.9. The van der Waals surface area contributed by atoms with Crippen LogP contribution in [0.1, 0.15) is 4.11 Å². The molecule has 13 aromatic rings. The maximum Gasteiger partial charge on any atom is 0.160 e. The van der Waals surface area contributed by atoms with Crippen molar-refractivity contribution in [2.75, 3.05) is 16.8 Å². The molecular formula is C55H33N6OPt-3. The summed E-state index contributed by atoms with van der Waals surface area (Å²) >= 11 is 0. The minimum Gasteiger partial charge on any atom is -0.509 e. The molecule has 5 aromatic heterocycles. The maximum atomic E-state index is 8.19. The largest absolute Gasteiger partial charge is 0.509 e. The van der Waals surface area contributed by atoms with Crippen molar-refractivity contribution in [1.29, 1.82) is 0 Å². The Hall–Kier alpha value is -7.60. The summed E-state index contributed by atoms with van der Waals surface area (Å²) in [5.41, 5.74) is 11.1. The van der Waals surface area contributed by atoms with E-state index in [0.29, 0.717) is 22.9 Å². The topological polar surface area (TPSA) is 42.3 Å². The molecule has 0 radical (unpaired) electrons. The Bertz CT molecular complexity index is 4120. The Morgan fingerprint density at radius 1 is 0.524 bits per heavy atom. The third-order valence-electron chi connectivity index (χ3n) is 12.6. The van der Waals surface area contributed by atoms with E-state index in [4.69, 9.17) is 13.8 Å². The third-order valence-corrected chi connectivity index (χ3v) is 12.6. The summed E-state index contributed by atoms with van der Waals surface area (Å²) in [4.78, 5) is 8.34. The number of fused-ring (bicyclic) bond motifs is 14. The first-order valence-corrected chi connectivity index (χ1v) is 20.6. The number of hydrogen-bond donors (Lipinski definition) is 0. The van der Waals surface area contributed by atoms with Gasteiger partial charge in [0.2, 0.25) is 0 Å². The van der Waals surface area contributed by atoms with Crippen LogP contribution in [0, 0.1) is 18.8 Å². The smallest absolute Gasteiger partial charge is 0.160 e. The van der Waals surface area contributed by atoms with Crippen molar-refractivity contribution < 1.29 is 29.9 Å². The average molecular weight is 992 g/mol. The van der Waals surface area contributed by atoms with Crippen LogP contribution in [0.3, 0.4) is 0 Å². The SMILES string of the molecule is [2H]C([2H])([2H])N1[CH-]N(c2[c-]c(Oc3[c-]c4c(cc3)c3cc(-n5c6ccccc6c6ccccc65)cc5c6cccc7c8ccccc8n(c8cccnc8n4c35)c76)ccc2)c2ccccc21.[Pt]. The zero-order chi connectivity index (χ0) is 43.1. The van der Waals surface area contributed by atoms with Crippen LogP contribution in [0.2, 0.25) is 0 Å². The molecule has 1 aliphatic rings. The van der Waals surface area contributed by atoms with Gasteiger partial charge in [0, 0.05) is 97.8 Å². The molecule has 6 heterocycles. The molecule has 0 amide bonds. The second kappa shape index (κ2) is 13.4. The number of aromatic nitrogens is 4. The van der Waals surface area contributed by atoms with Crippen LogP contribution in [-0.2, 0) is 21.1 Å². The summed E-state index contributed by atoms with van der Waals surface area (Å²) in [7, 11) is 0. The van der Waals surface area contributed by atoms with E-state index in [0.717, 1.165) is 77.2 Å². The first kappa shape index (κ1) is 33.1. The predicted molar refractivity (Wildman–Crippen MR) is 253 cm³/mol. The van der Waals surface area contributed by atoms with Gasteiger partial charge < -0.3 is 27.9 Å². The predicted octanol–water partition coefficient (Wildman–Crippen LogP) is 13.5. The molecule has 0 bridgehead atoms. The molecule has 0 N–H and O–H groups in total. The zero-order valence-corrected chi connectivity index (χ0v) is 35.5. The Kier molecular flexibility index (Phi) is 7.06. The van der Waals surface area contributed by atoms with E-state index >= 15 is 0 Å². The number of benzene rings is 8. The van der Waals surface area contributed by atoms with E-state index in [1.807, 2.05) is 65.7 Å². The van der Waals surface area contributed by atoms with E-state index in [9.17, 15) is 0 Å². The standard InChI is InChI=1S/C55H33N6O.Pt/c1-57-33-58(50-24-9-8-23-49(50)57)34-13-10-14-36(29-34)62-37-26-27-41-44-30-35(59-46-20-5-2-15-38(46)39-16-3-6-21-47(39)59)31-45-43-19-11-18-42-40-17-4-7-22-48(40)60(53(42)43)51-25-12-28-56-55(51)61(54(44)45)52(41)32-37;/h2-28,30-31,33H,1H3;/q-3;/i1D3;. The molecule has 1 aliphatic heterocycles. The van der Waals surface area contributed by atoms with Gasteiger partial charge >= 0.3 is 0 Å². The van der Waals surface area contributed by atoms with Crippen LogP contribution in [0.15, 0.2) is 176 Å². The third kappa shape index (κ3) is 5.03. The van der Waals surface area contributed by atoms with Gasteiger partial charge in [-0.05, 0) is 67.0 Å². The van der Waals surface area contributed by atoms with Crippen LogP contribution < -0.4 is 14.5 Å². The molecule has 0 saturated carbocycles. The summed E-state index contributed by atoms with van der Waals surface area (Å²) in [6, 6.07) is 65.7. The van der Waals surface area contributed by atoms with Gasteiger partial charge in [-0.15, -0.1) is 41.4 Å². The van der Waals surface area contributed by atoms with Crippen LogP contribution in [0.25, 0.3) is 93.0 Å². The van der Waals surface area contributed by atoms with E-state index in [1.54, 1.807) is 6.67 Å². The fraction of sp³-hybridized carbons (Fsp3) is 0.0182. The minimum atomic E-state index is -2.36. The number of hydrogen-bond acceptors (Lipinski definition) is 4. The summed E-state index contributed by atoms with van der Waals surface area (Å²) in [5.74, 6) is 0.959. The molecule has 8 heteroatoms. The average Bonchev–Trinajstić information content (AvgIpc) is 4.08. The summed E-state index contributed by atoms with van der Waals surface area (Å²) < 4.78 is 38.3. The van der Waals surface area contributed by atoms with Crippen LogP contribution in [0.4, 0.5) is 17.1 Å². The minimum absolute atomic E-state index is 0. The molecule has 0 spiro atoms. The molecule has 7 nitrogen and oxygen atoms in total. The Labute approximate surface area is 379 Å². The van der Waals surface area contributed by atoms with Gasteiger partial charge in [0.25, 0.3) is 0 Å². The fourth-order valence-corrected chi connectivity index (χ4v) is 10.1. The van der Waals surface area contributed by atoms with Crippen LogP contribution in [-0.4, -0.2) is 25.3 Å². The first-order chi connectivity index (χ1) is 31.9. The van der Waals surface area contributed by atoms with Gasteiger partial charge in [0.05, 0.1) is 27.6 Å². The molecule has 302 valence electrons. The Morgan fingerprint density at radius 3 is 1.90 bits per heavy atom. The monoisotopic (exact) mass is 991 g/mol. The van der Waals surface area contributed by atoms with Gasteiger partial charge in [-0.25, -0.2) is 4.98 Å². The summed E-state index contributed by atoms with van der Waals surface area (Å²) in [6.07, 6.45) is 1.86. The number of nitrogens with zero attached hydrogens (tertiary/aromatic N) is 6. The summed E-state index contributed by atoms with van der Waals surface area (Å²) in [6.45, 7) is -0.758. The molecular weight excluding hydrogens is 956 g/mol. The van der Waals surface area contributed by atoms with Gasteiger partial charge in [-0.1, -0.05) is 90.4 Å². The normalized spacial score (nSPS) is 13.8. The molecule has 0 unspecified atom stereocenters. The van der Waals surface area contributed by atoms with Crippen molar-refractivity contribution in [1.82, 2.24) is 18.4 Å². The van der Waals surface area contributed by atoms with Crippen molar-refractivity contribution in [2.45, 2.75) is 0 Å². The molecule has 0 saturated heterocycles. The molecule has 63 heavy (non-hydrogen) atoms. The van der Waals surface area contributed by atoms with Gasteiger partial charge in [0.1, 0.15) is 0 Å². The quantitative estimate of drug-likeness (QED) is 0.165. The molecule has 8 aromatic carbocycles. The van der Waals surface area contributed by atoms with Crippen molar-refractivity contribution in [3.05, 3.63) is 195 Å². The van der Waals surface area contributed by atoms with Crippen molar-refractivity contribution in [3.63, 3.8) is 0 Å². The first-order valence-electron chi connectivity index (χ1n) is 22.1. The number of pyridine rings is 1. The van der Waals surface area contributed by atoms with E-state index in [-0.39, 0.29) is 21.1 Å². The van der Waals surface area contributed by atoms with E-state index in [2.05, 4.69) is 141 Å². The van der Waals surface area contributed by atoms with Crippen molar-refractivity contribution in [3.8, 4) is 17.2 Å². The Balaban J connectivity index is 0.00000435. The van der Waals surface area contributed by atoms with Crippen LogP contribution >= 0.6 is 0 Å². The second-order valence-electron chi connectivity index (χ2n) is 15.9. The van der Waals surface area contributed by atoms with E-state index < -0.39 is 6.98 Å². The van der Waals surface area contributed by atoms with Gasteiger partial charge in [-0.3, -0.25) is 0 Å². The van der Waals surface area contributed by atoms with Crippen LogP contribution in [0.5, 0.6) is 11.5 Å². The number of ether oxygens (including phenoxy) is 1. The zero-order valence-electron chi connectivity index (χ0n) is 36.2. The molecule has 0 fully saturated rings.